The van der Waals surface area contributed by atoms with E-state index >= 15 is 0 Å². The van der Waals surface area contributed by atoms with Gasteiger partial charge in [-0.25, -0.2) is 0 Å². The Morgan fingerprint density at radius 1 is 1.39 bits per heavy atom. The molecule has 0 bridgehead atoms. The molecule has 96 valence electrons. The second-order valence-corrected chi connectivity index (χ2v) is 5.22. The maximum atomic E-state index is 11.4. The highest BCUT2D eigenvalue weighted by atomic mass is 32.1. The molecule has 1 aromatic heterocycles. The maximum Gasteiger partial charge on any atom is 0.205 e. The molecule has 1 rings (SSSR count). The number of ketones is 1. The maximum absolute atomic E-state index is 11.4. The van der Waals surface area contributed by atoms with E-state index in [2.05, 4.69) is 30.2 Å². The zero-order valence-electron chi connectivity index (χ0n) is 10.9. The Morgan fingerprint density at radius 2 is 2.28 bits per heavy atom. The van der Waals surface area contributed by atoms with Crippen molar-refractivity contribution in [1.29, 1.82) is 0 Å². The van der Waals surface area contributed by atoms with Gasteiger partial charge in [-0.1, -0.05) is 44.2 Å². The molecule has 0 aliphatic carbocycles. The molecular weight excluding hydrogens is 240 g/mol. The molecule has 2 heteroatoms. The highest BCUT2D eigenvalue weighted by Crippen LogP contribution is 2.09. The van der Waals surface area contributed by atoms with E-state index in [1.807, 2.05) is 12.1 Å². The predicted molar refractivity (Wildman–Crippen MR) is 78.7 cm³/mol. The van der Waals surface area contributed by atoms with E-state index < -0.39 is 0 Å². The highest BCUT2D eigenvalue weighted by molar-refractivity contribution is 7.09. The van der Waals surface area contributed by atoms with Gasteiger partial charge in [0.15, 0.2) is 0 Å². The van der Waals surface area contributed by atoms with Crippen molar-refractivity contribution in [1.82, 2.24) is 0 Å². The van der Waals surface area contributed by atoms with Gasteiger partial charge in [0.2, 0.25) is 5.78 Å². The van der Waals surface area contributed by atoms with E-state index in [0.717, 1.165) is 19.3 Å². The van der Waals surface area contributed by atoms with Gasteiger partial charge in [-0.2, -0.15) is 0 Å². The summed E-state index contributed by atoms with van der Waals surface area (Å²) in [5.41, 5.74) is 0. The van der Waals surface area contributed by atoms with Crippen LogP contribution in [0.25, 0.3) is 0 Å². The van der Waals surface area contributed by atoms with Gasteiger partial charge in [-0.15, -0.1) is 11.3 Å². The van der Waals surface area contributed by atoms with E-state index in [9.17, 15) is 4.79 Å². The van der Waals surface area contributed by atoms with Gasteiger partial charge in [-0.3, -0.25) is 4.79 Å². The van der Waals surface area contributed by atoms with Crippen LogP contribution in [-0.2, 0) is 11.2 Å². The molecular formula is C16H20OS. The summed E-state index contributed by atoms with van der Waals surface area (Å²) in [6.07, 6.45) is 9.81. The molecule has 0 radical (unpaired) electrons. The molecule has 0 spiro atoms. The summed E-state index contributed by atoms with van der Waals surface area (Å²) in [6, 6.07) is 4.14. The van der Waals surface area contributed by atoms with Crippen LogP contribution >= 0.6 is 11.3 Å². The van der Waals surface area contributed by atoms with Crippen molar-refractivity contribution >= 4 is 17.1 Å². The molecule has 0 aliphatic rings. The Hall–Kier alpha value is -1.33. The van der Waals surface area contributed by atoms with E-state index in [1.165, 1.54) is 17.7 Å². The van der Waals surface area contributed by atoms with E-state index in [0.29, 0.717) is 6.42 Å². The summed E-state index contributed by atoms with van der Waals surface area (Å²) in [7, 11) is 0. The standard InChI is InChI=1S/C16H20OS/c1-2-3-4-6-10-15(17)11-7-5-8-12-16-13-9-14-18-16/h5,8-9,13-14H,2-4,6,10,12H2,1H3/b8-5+. The summed E-state index contributed by atoms with van der Waals surface area (Å²) >= 11 is 1.74. The van der Waals surface area contributed by atoms with Gasteiger partial charge < -0.3 is 0 Å². The molecule has 0 saturated heterocycles. The normalized spacial score (nSPS) is 10.3. The fourth-order valence-corrected chi connectivity index (χ4v) is 2.24. The minimum absolute atomic E-state index is 0.0619. The van der Waals surface area contributed by atoms with Crippen LogP contribution in [-0.4, -0.2) is 5.78 Å². The molecule has 1 aromatic rings. The number of Topliss-reactive ketones (excluding diaryl/α,β-unsaturated/α-hetero) is 1. The Labute approximate surface area is 114 Å². The third kappa shape index (κ3) is 7.09. The van der Waals surface area contributed by atoms with Crippen molar-refractivity contribution in [3.05, 3.63) is 34.5 Å². The lowest BCUT2D eigenvalue weighted by molar-refractivity contribution is -0.113. The smallest absolute Gasteiger partial charge is 0.205 e. The van der Waals surface area contributed by atoms with E-state index in [-0.39, 0.29) is 5.78 Å². The van der Waals surface area contributed by atoms with Crippen LogP contribution in [0.5, 0.6) is 0 Å². The first-order valence-electron chi connectivity index (χ1n) is 6.54. The fourth-order valence-electron chi connectivity index (χ4n) is 1.56. The van der Waals surface area contributed by atoms with Crippen LogP contribution in [0.15, 0.2) is 29.7 Å². The summed E-state index contributed by atoms with van der Waals surface area (Å²) in [5, 5.41) is 2.06. The van der Waals surface area contributed by atoms with Gasteiger partial charge in [0.1, 0.15) is 0 Å². The molecule has 0 saturated carbocycles. The van der Waals surface area contributed by atoms with Crippen molar-refractivity contribution in [2.75, 3.05) is 0 Å². The SMILES string of the molecule is CCCCCCC(=O)C#C/C=C/Cc1cccs1. The monoisotopic (exact) mass is 260 g/mol. The van der Waals surface area contributed by atoms with Gasteiger partial charge >= 0.3 is 0 Å². The lowest BCUT2D eigenvalue weighted by Crippen LogP contribution is -1.92. The van der Waals surface area contributed by atoms with Gasteiger partial charge in [0, 0.05) is 17.7 Å². The first kappa shape index (κ1) is 14.7. The molecule has 1 heterocycles. The average molecular weight is 260 g/mol. The number of hydrogen-bond donors (Lipinski definition) is 0. The number of rotatable bonds is 7. The fraction of sp³-hybridized carbons (Fsp3) is 0.438. The summed E-state index contributed by atoms with van der Waals surface area (Å²) in [4.78, 5) is 12.7. The van der Waals surface area contributed by atoms with E-state index in [1.54, 1.807) is 17.4 Å². The molecule has 1 nitrogen and oxygen atoms in total. The number of hydrogen-bond acceptors (Lipinski definition) is 2. The molecule has 0 aliphatic heterocycles. The van der Waals surface area contributed by atoms with E-state index in [4.69, 9.17) is 0 Å². The summed E-state index contributed by atoms with van der Waals surface area (Å²) in [5.74, 6) is 5.54. The first-order valence-corrected chi connectivity index (χ1v) is 7.42. The highest BCUT2D eigenvalue weighted by Gasteiger charge is 1.95. The third-order valence-corrected chi connectivity index (χ3v) is 3.47. The van der Waals surface area contributed by atoms with Crippen molar-refractivity contribution in [2.24, 2.45) is 0 Å². The second kappa shape index (κ2) is 9.67. The molecule has 0 fully saturated rings. The number of carbonyl (C=O) groups excluding carboxylic acids is 1. The molecule has 0 N–H and O–H groups in total. The minimum atomic E-state index is 0.0619. The second-order valence-electron chi connectivity index (χ2n) is 4.19. The van der Waals surface area contributed by atoms with Gasteiger partial charge in [0.25, 0.3) is 0 Å². The Bertz CT molecular complexity index is 418. The molecule has 0 atom stereocenters. The molecule has 0 aromatic carbocycles. The van der Waals surface area contributed by atoms with Crippen LogP contribution in [0.4, 0.5) is 0 Å². The van der Waals surface area contributed by atoms with Gasteiger partial charge in [-0.05, 0) is 29.9 Å². The molecule has 0 unspecified atom stereocenters. The zero-order valence-corrected chi connectivity index (χ0v) is 11.8. The Kier molecular flexibility index (Phi) is 7.92. The third-order valence-electron chi connectivity index (χ3n) is 2.57. The summed E-state index contributed by atoms with van der Waals surface area (Å²) in [6.45, 7) is 2.17. The van der Waals surface area contributed by atoms with Crippen LogP contribution < -0.4 is 0 Å². The van der Waals surface area contributed by atoms with Crippen LogP contribution in [0.1, 0.15) is 43.9 Å². The van der Waals surface area contributed by atoms with Crippen LogP contribution in [0.3, 0.4) is 0 Å². The number of allylic oxidation sites excluding steroid dienone is 2. The molecule has 0 amide bonds. The van der Waals surface area contributed by atoms with Crippen molar-refractivity contribution in [2.45, 2.75) is 45.4 Å². The Morgan fingerprint density at radius 3 is 3.00 bits per heavy atom. The zero-order chi connectivity index (χ0) is 13.1. The lowest BCUT2D eigenvalue weighted by atomic mass is 10.1. The molecule has 18 heavy (non-hydrogen) atoms. The number of thiophene rings is 1. The quantitative estimate of drug-likeness (QED) is 0.404. The van der Waals surface area contributed by atoms with Gasteiger partial charge in [0.05, 0.1) is 0 Å². The number of unbranched alkanes of at least 4 members (excludes halogenated alkanes) is 3. The Balaban J connectivity index is 2.16. The van der Waals surface area contributed by atoms with Crippen molar-refractivity contribution in [3.63, 3.8) is 0 Å². The summed E-state index contributed by atoms with van der Waals surface area (Å²) < 4.78 is 0. The van der Waals surface area contributed by atoms with Crippen molar-refractivity contribution in [3.8, 4) is 11.8 Å². The first-order chi connectivity index (χ1) is 8.83. The number of carbonyl (C=O) groups is 1. The van der Waals surface area contributed by atoms with Crippen LogP contribution in [0.2, 0.25) is 0 Å². The van der Waals surface area contributed by atoms with Crippen molar-refractivity contribution < 1.29 is 4.79 Å². The lowest BCUT2D eigenvalue weighted by Gasteiger charge is -1.93. The average Bonchev–Trinajstić information content (AvgIpc) is 2.87. The largest absolute Gasteiger partial charge is 0.285 e. The predicted octanol–water partition coefficient (Wildman–Crippen LogP) is 4.39. The van der Waals surface area contributed by atoms with Crippen LogP contribution in [0, 0.1) is 11.8 Å². The topological polar surface area (TPSA) is 17.1 Å². The minimum Gasteiger partial charge on any atom is -0.285 e.